The fraction of sp³-hybridized carbons (Fsp3) is 0.0952. The summed E-state index contributed by atoms with van der Waals surface area (Å²) in [6.07, 6.45) is 0. The van der Waals surface area contributed by atoms with Gasteiger partial charge < -0.3 is 4.90 Å². The highest BCUT2D eigenvalue weighted by Crippen LogP contribution is 2.48. The van der Waals surface area contributed by atoms with Crippen LogP contribution >= 0.6 is 0 Å². The molecule has 0 unspecified atom stereocenters. The molecule has 0 spiro atoms. The van der Waals surface area contributed by atoms with E-state index in [9.17, 15) is 4.79 Å². The molecule has 0 radical (unpaired) electrons. The first-order chi connectivity index (χ1) is 11.4. The van der Waals surface area contributed by atoms with Crippen LogP contribution in [0.1, 0.15) is 23.1 Å². The number of nitrogens with zero attached hydrogens (tertiary/aromatic N) is 1. The van der Waals surface area contributed by atoms with Gasteiger partial charge in [-0.1, -0.05) is 78.9 Å². The van der Waals surface area contributed by atoms with Crippen molar-refractivity contribution in [2.75, 3.05) is 4.90 Å². The molecular formula is C21H17NO. The van der Waals surface area contributed by atoms with Gasteiger partial charge in [-0.15, -0.1) is 0 Å². The summed E-state index contributed by atoms with van der Waals surface area (Å²) in [5, 5.41) is 0. The maximum atomic E-state index is 12.9. The molecule has 2 atom stereocenters. The molecule has 0 aliphatic carbocycles. The molecule has 1 aliphatic heterocycles. The fourth-order valence-electron chi connectivity index (χ4n) is 3.34. The van der Waals surface area contributed by atoms with Gasteiger partial charge in [0.1, 0.15) is 0 Å². The number of anilines is 1. The number of hydrogen-bond acceptors (Lipinski definition) is 1. The molecule has 23 heavy (non-hydrogen) atoms. The van der Waals surface area contributed by atoms with Crippen LogP contribution < -0.4 is 4.90 Å². The Morgan fingerprint density at radius 2 is 1.09 bits per heavy atom. The second-order valence-electron chi connectivity index (χ2n) is 5.79. The predicted molar refractivity (Wildman–Crippen MR) is 92.3 cm³/mol. The minimum Gasteiger partial charge on any atom is -0.303 e. The Hall–Kier alpha value is -2.87. The standard InChI is InChI=1S/C21H17NO/c23-21-19(16-10-4-1-5-11-16)20(17-12-6-2-7-13-17)22(21)18-14-8-3-9-15-18/h1-15,19-20H/t19-,20-/m1/s1. The first kappa shape index (κ1) is 13.8. The van der Waals surface area contributed by atoms with E-state index in [1.54, 1.807) is 0 Å². The lowest BCUT2D eigenvalue weighted by molar-refractivity contribution is -0.126. The van der Waals surface area contributed by atoms with E-state index in [-0.39, 0.29) is 17.9 Å². The Morgan fingerprint density at radius 1 is 0.609 bits per heavy atom. The van der Waals surface area contributed by atoms with Gasteiger partial charge in [-0.3, -0.25) is 4.79 Å². The molecule has 2 heteroatoms. The van der Waals surface area contributed by atoms with E-state index >= 15 is 0 Å². The van der Waals surface area contributed by atoms with Gasteiger partial charge in [0.25, 0.3) is 0 Å². The minimum atomic E-state index is -0.112. The monoisotopic (exact) mass is 299 g/mol. The van der Waals surface area contributed by atoms with Gasteiger partial charge in [-0.2, -0.15) is 0 Å². The number of β-lactam (4-membered cyclic amide) rings is 1. The second kappa shape index (κ2) is 5.73. The van der Waals surface area contributed by atoms with Crippen molar-refractivity contribution in [2.45, 2.75) is 12.0 Å². The van der Waals surface area contributed by atoms with Crippen molar-refractivity contribution in [1.82, 2.24) is 0 Å². The number of amides is 1. The van der Waals surface area contributed by atoms with Gasteiger partial charge in [0.05, 0.1) is 12.0 Å². The van der Waals surface area contributed by atoms with Crippen LogP contribution in [0.15, 0.2) is 91.0 Å². The molecule has 4 rings (SSSR count). The number of hydrogen-bond donors (Lipinski definition) is 0. The van der Waals surface area contributed by atoms with Crippen LogP contribution in [0, 0.1) is 0 Å². The molecule has 0 aromatic heterocycles. The molecule has 112 valence electrons. The summed E-state index contributed by atoms with van der Waals surface area (Å²) in [4.78, 5) is 14.8. The van der Waals surface area contributed by atoms with Crippen molar-refractivity contribution < 1.29 is 4.79 Å². The Labute approximate surface area is 136 Å². The van der Waals surface area contributed by atoms with Crippen LogP contribution in [0.3, 0.4) is 0 Å². The Morgan fingerprint density at radius 3 is 1.65 bits per heavy atom. The topological polar surface area (TPSA) is 20.3 Å². The van der Waals surface area contributed by atoms with Gasteiger partial charge in [0.15, 0.2) is 0 Å². The lowest BCUT2D eigenvalue weighted by Crippen LogP contribution is -2.53. The molecule has 1 fully saturated rings. The molecule has 1 amide bonds. The third kappa shape index (κ3) is 2.33. The molecule has 1 heterocycles. The van der Waals surface area contributed by atoms with Gasteiger partial charge >= 0.3 is 0 Å². The molecule has 1 aliphatic rings. The highest BCUT2D eigenvalue weighted by atomic mass is 16.2. The second-order valence-corrected chi connectivity index (χ2v) is 5.79. The van der Waals surface area contributed by atoms with Gasteiger partial charge in [-0.05, 0) is 23.3 Å². The fourth-order valence-corrected chi connectivity index (χ4v) is 3.34. The summed E-state index contributed by atoms with van der Waals surface area (Å²) < 4.78 is 0. The van der Waals surface area contributed by atoms with Crippen LogP contribution in [-0.2, 0) is 4.79 Å². The lowest BCUT2D eigenvalue weighted by atomic mass is 9.77. The van der Waals surface area contributed by atoms with Crippen LogP contribution in [0.25, 0.3) is 0 Å². The maximum Gasteiger partial charge on any atom is 0.237 e. The molecular weight excluding hydrogens is 282 g/mol. The third-order valence-corrected chi connectivity index (χ3v) is 4.43. The normalized spacial score (nSPS) is 20.2. The van der Waals surface area contributed by atoms with E-state index in [0.29, 0.717) is 0 Å². The Kier molecular flexibility index (Phi) is 3.43. The smallest absolute Gasteiger partial charge is 0.237 e. The van der Waals surface area contributed by atoms with E-state index < -0.39 is 0 Å². The van der Waals surface area contributed by atoms with Crippen LogP contribution in [0.2, 0.25) is 0 Å². The average molecular weight is 299 g/mol. The summed E-state index contributed by atoms with van der Waals surface area (Å²) >= 11 is 0. The zero-order valence-corrected chi connectivity index (χ0v) is 12.7. The number of carbonyl (C=O) groups excluding carboxylic acids is 1. The van der Waals surface area contributed by atoms with Crippen molar-refractivity contribution in [2.24, 2.45) is 0 Å². The Bertz CT molecular complexity index is 750. The highest BCUT2D eigenvalue weighted by Gasteiger charge is 2.49. The number of para-hydroxylation sites is 1. The average Bonchev–Trinajstić information content (AvgIpc) is 2.62. The van der Waals surface area contributed by atoms with Crippen LogP contribution in [0.4, 0.5) is 5.69 Å². The van der Waals surface area contributed by atoms with Crippen molar-refractivity contribution in [3.63, 3.8) is 0 Å². The molecule has 0 N–H and O–H groups in total. The van der Waals surface area contributed by atoms with Crippen molar-refractivity contribution in [1.29, 1.82) is 0 Å². The SMILES string of the molecule is O=C1[C@H](c2ccccc2)[C@@H](c2ccccc2)N1c1ccccc1. The summed E-state index contributed by atoms with van der Waals surface area (Å²) in [6, 6.07) is 30.3. The Balaban J connectivity index is 1.78. The summed E-state index contributed by atoms with van der Waals surface area (Å²) in [5.74, 6) is 0.0510. The first-order valence-corrected chi connectivity index (χ1v) is 7.84. The summed E-state index contributed by atoms with van der Waals surface area (Å²) in [5.41, 5.74) is 3.21. The van der Waals surface area contributed by atoms with Gasteiger partial charge in [0.2, 0.25) is 5.91 Å². The molecule has 2 nitrogen and oxygen atoms in total. The van der Waals surface area contributed by atoms with E-state index in [2.05, 4.69) is 12.1 Å². The first-order valence-electron chi connectivity index (χ1n) is 7.84. The van der Waals surface area contributed by atoms with Crippen molar-refractivity contribution in [3.8, 4) is 0 Å². The lowest BCUT2D eigenvalue weighted by Gasteiger charge is -2.47. The molecule has 1 saturated heterocycles. The third-order valence-electron chi connectivity index (χ3n) is 4.43. The molecule has 0 saturated carbocycles. The van der Waals surface area contributed by atoms with E-state index in [0.717, 1.165) is 11.3 Å². The molecule has 0 bridgehead atoms. The number of benzene rings is 3. The summed E-state index contributed by atoms with van der Waals surface area (Å²) in [6.45, 7) is 0. The zero-order chi connectivity index (χ0) is 15.6. The van der Waals surface area contributed by atoms with Crippen LogP contribution in [-0.4, -0.2) is 5.91 Å². The number of rotatable bonds is 3. The largest absolute Gasteiger partial charge is 0.303 e. The van der Waals surface area contributed by atoms with Gasteiger partial charge in [-0.25, -0.2) is 0 Å². The van der Waals surface area contributed by atoms with Crippen molar-refractivity contribution in [3.05, 3.63) is 102 Å². The zero-order valence-electron chi connectivity index (χ0n) is 12.7. The van der Waals surface area contributed by atoms with Crippen LogP contribution in [0.5, 0.6) is 0 Å². The van der Waals surface area contributed by atoms with E-state index in [4.69, 9.17) is 0 Å². The summed E-state index contributed by atoms with van der Waals surface area (Å²) in [7, 11) is 0. The van der Waals surface area contributed by atoms with E-state index in [1.807, 2.05) is 83.8 Å². The maximum absolute atomic E-state index is 12.9. The predicted octanol–water partition coefficient (Wildman–Crippen LogP) is 4.56. The van der Waals surface area contributed by atoms with E-state index in [1.165, 1.54) is 5.56 Å². The molecule has 3 aromatic rings. The minimum absolute atomic E-state index is 0.0495. The quantitative estimate of drug-likeness (QED) is 0.649. The van der Waals surface area contributed by atoms with Crippen molar-refractivity contribution >= 4 is 11.6 Å². The highest BCUT2D eigenvalue weighted by molar-refractivity contribution is 6.06. The van der Waals surface area contributed by atoms with Gasteiger partial charge in [0, 0.05) is 5.69 Å². The molecule has 3 aromatic carbocycles. The number of carbonyl (C=O) groups is 1.